The van der Waals surface area contributed by atoms with Crippen molar-refractivity contribution < 1.29 is 4.39 Å². The lowest BCUT2D eigenvalue weighted by molar-refractivity contribution is 0.627. The Labute approximate surface area is 91.6 Å². The van der Waals surface area contributed by atoms with Crippen molar-refractivity contribution in [3.8, 4) is 0 Å². The average molecular weight is 222 g/mol. The highest BCUT2D eigenvalue weighted by atomic mass is 32.1. The Kier molecular flexibility index (Phi) is 2.60. The van der Waals surface area contributed by atoms with Crippen molar-refractivity contribution in [3.05, 3.63) is 47.2 Å². The third-order valence-corrected chi connectivity index (χ3v) is 3.11. The zero-order valence-electron chi connectivity index (χ0n) is 8.27. The first-order chi connectivity index (χ1) is 7.18. The van der Waals surface area contributed by atoms with E-state index in [9.17, 15) is 4.39 Å². The first-order valence-corrected chi connectivity index (χ1v) is 5.37. The number of halogens is 1. The summed E-state index contributed by atoms with van der Waals surface area (Å²) in [5, 5.41) is 1.97. The minimum atomic E-state index is -0.248. The number of hydrogen-bond donors (Lipinski definition) is 1. The number of rotatable bonds is 2. The highest BCUT2D eigenvalue weighted by molar-refractivity contribution is 7.05. The summed E-state index contributed by atoms with van der Waals surface area (Å²) in [4.78, 5) is 0. The molecule has 2 N–H and O–H groups in total. The number of nitrogens with two attached hydrogens (primary N) is 1. The Hall–Kier alpha value is -1.55. The molecule has 0 fully saturated rings. The van der Waals surface area contributed by atoms with Gasteiger partial charge in [-0.25, -0.2) is 4.39 Å². The molecule has 0 unspecified atom stereocenters. The molecular weight excluding hydrogens is 211 g/mol. The number of aromatic nitrogens is 1. The summed E-state index contributed by atoms with van der Waals surface area (Å²) in [6, 6.07) is 6.19. The lowest BCUT2D eigenvalue weighted by Crippen LogP contribution is -2.04. The molecule has 0 atom stereocenters. The Morgan fingerprint density at radius 3 is 2.40 bits per heavy atom. The number of hydrogen-bond acceptors (Lipinski definition) is 2. The molecule has 0 aliphatic heterocycles. The van der Waals surface area contributed by atoms with Crippen molar-refractivity contribution in [2.45, 2.75) is 6.92 Å². The standard InChI is InChI=1S/C11H11FN2S/c1-8(14-6-7-15-14)11(13)9-2-4-10(12)5-3-9/h2-7H,13H2,1H3/b11-8-. The molecule has 4 heteroatoms. The van der Waals surface area contributed by atoms with Crippen LogP contribution in [0.4, 0.5) is 4.39 Å². The van der Waals surface area contributed by atoms with Crippen LogP contribution in [0.1, 0.15) is 12.5 Å². The summed E-state index contributed by atoms with van der Waals surface area (Å²) in [5.74, 6) is -0.248. The van der Waals surface area contributed by atoms with Gasteiger partial charge >= 0.3 is 0 Å². The Balaban J connectivity index is 2.37. The third-order valence-electron chi connectivity index (χ3n) is 2.25. The third kappa shape index (κ3) is 1.94. The summed E-state index contributed by atoms with van der Waals surface area (Å²) < 4.78 is 14.7. The molecule has 0 saturated heterocycles. The predicted molar refractivity (Wildman–Crippen MR) is 61.7 cm³/mol. The summed E-state index contributed by atoms with van der Waals surface area (Å²) in [7, 11) is 0. The van der Waals surface area contributed by atoms with E-state index in [4.69, 9.17) is 5.73 Å². The van der Waals surface area contributed by atoms with E-state index in [1.54, 1.807) is 23.7 Å². The summed E-state index contributed by atoms with van der Waals surface area (Å²) in [6.45, 7) is 1.94. The van der Waals surface area contributed by atoms with Crippen molar-refractivity contribution >= 4 is 22.9 Å². The summed E-state index contributed by atoms with van der Waals surface area (Å²) in [5.41, 5.74) is 8.45. The van der Waals surface area contributed by atoms with Gasteiger partial charge in [-0.1, -0.05) is 11.5 Å². The maximum absolute atomic E-state index is 12.7. The highest BCUT2D eigenvalue weighted by Gasteiger charge is 2.04. The number of nitrogens with zero attached hydrogens (tertiary/aromatic N) is 1. The van der Waals surface area contributed by atoms with E-state index in [0.717, 1.165) is 11.3 Å². The van der Waals surface area contributed by atoms with Crippen LogP contribution in [-0.2, 0) is 0 Å². The van der Waals surface area contributed by atoms with E-state index in [-0.39, 0.29) is 5.82 Å². The Morgan fingerprint density at radius 1 is 1.33 bits per heavy atom. The molecular formula is C11H11FN2S. The minimum Gasteiger partial charge on any atom is -0.397 e. The van der Waals surface area contributed by atoms with Crippen LogP contribution in [0.3, 0.4) is 0 Å². The van der Waals surface area contributed by atoms with Crippen molar-refractivity contribution in [1.82, 2.24) is 3.96 Å². The maximum Gasteiger partial charge on any atom is 0.123 e. The quantitative estimate of drug-likeness (QED) is 0.832. The van der Waals surface area contributed by atoms with Crippen molar-refractivity contribution in [3.63, 3.8) is 0 Å². The fourth-order valence-electron chi connectivity index (χ4n) is 1.27. The molecule has 2 nitrogen and oxygen atoms in total. The fourth-order valence-corrected chi connectivity index (χ4v) is 1.77. The first-order valence-electron chi connectivity index (χ1n) is 4.53. The van der Waals surface area contributed by atoms with E-state index in [1.807, 2.05) is 22.5 Å². The Bertz CT molecular complexity index is 470. The van der Waals surface area contributed by atoms with Crippen LogP contribution in [0.25, 0.3) is 11.4 Å². The molecule has 0 radical (unpaired) electrons. The van der Waals surface area contributed by atoms with Gasteiger partial charge in [-0.3, -0.25) is 3.96 Å². The van der Waals surface area contributed by atoms with Gasteiger partial charge in [-0.15, -0.1) is 0 Å². The lowest BCUT2D eigenvalue weighted by atomic mass is 10.1. The van der Waals surface area contributed by atoms with E-state index in [1.165, 1.54) is 12.1 Å². The van der Waals surface area contributed by atoms with Gasteiger partial charge < -0.3 is 5.73 Å². The predicted octanol–water partition coefficient (Wildman–Crippen LogP) is 2.99. The average Bonchev–Trinajstić information content (AvgIpc) is 2.15. The molecule has 1 heterocycles. The van der Waals surface area contributed by atoms with Crippen molar-refractivity contribution in [1.29, 1.82) is 0 Å². The first kappa shape index (κ1) is 9.98. The molecule has 0 bridgehead atoms. The van der Waals surface area contributed by atoms with Crippen LogP contribution >= 0.6 is 11.5 Å². The monoisotopic (exact) mass is 222 g/mol. The highest BCUT2D eigenvalue weighted by Crippen LogP contribution is 2.20. The van der Waals surface area contributed by atoms with Crippen LogP contribution in [-0.4, -0.2) is 3.96 Å². The molecule has 0 spiro atoms. The van der Waals surface area contributed by atoms with E-state index < -0.39 is 0 Å². The zero-order valence-corrected chi connectivity index (χ0v) is 9.09. The van der Waals surface area contributed by atoms with Crippen molar-refractivity contribution in [2.24, 2.45) is 5.73 Å². The summed E-state index contributed by atoms with van der Waals surface area (Å²) >= 11 is 1.58. The molecule has 0 aliphatic carbocycles. The van der Waals surface area contributed by atoms with Gasteiger partial charge in [0.2, 0.25) is 0 Å². The molecule has 1 aromatic heterocycles. The largest absolute Gasteiger partial charge is 0.397 e. The normalized spacial score (nSPS) is 12.7. The minimum absolute atomic E-state index is 0.248. The number of benzene rings is 1. The number of allylic oxidation sites excluding steroid dienone is 1. The molecule has 0 saturated carbocycles. The van der Waals surface area contributed by atoms with Gasteiger partial charge in [0.25, 0.3) is 0 Å². The van der Waals surface area contributed by atoms with Crippen molar-refractivity contribution in [2.75, 3.05) is 0 Å². The van der Waals surface area contributed by atoms with Gasteiger partial charge in [-0.05, 0) is 36.8 Å². The van der Waals surface area contributed by atoms with E-state index in [2.05, 4.69) is 0 Å². The second kappa shape index (κ2) is 3.90. The second-order valence-electron chi connectivity index (χ2n) is 3.22. The smallest absolute Gasteiger partial charge is 0.123 e. The van der Waals surface area contributed by atoms with Crippen LogP contribution in [0.5, 0.6) is 0 Å². The lowest BCUT2D eigenvalue weighted by Gasteiger charge is -2.11. The second-order valence-corrected chi connectivity index (χ2v) is 4.10. The summed E-state index contributed by atoms with van der Waals surface area (Å²) in [6.07, 6.45) is 1.94. The molecule has 2 aromatic rings. The van der Waals surface area contributed by atoms with Gasteiger partial charge in [0, 0.05) is 11.6 Å². The molecule has 0 amide bonds. The van der Waals surface area contributed by atoms with Crippen LogP contribution in [0, 0.1) is 5.82 Å². The Morgan fingerprint density at radius 2 is 1.93 bits per heavy atom. The van der Waals surface area contributed by atoms with E-state index >= 15 is 0 Å². The topological polar surface area (TPSA) is 30.9 Å². The molecule has 2 rings (SSSR count). The van der Waals surface area contributed by atoms with Gasteiger partial charge in [0.1, 0.15) is 5.82 Å². The van der Waals surface area contributed by atoms with Crippen LogP contribution in [0.2, 0.25) is 0 Å². The molecule has 1 aromatic carbocycles. The SMILES string of the molecule is C/C(=C(/N)c1ccc(F)cc1)n1ccs1. The molecule has 78 valence electrons. The van der Waals surface area contributed by atoms with Gasteiger partial charge in [-0.2, -0.15) is 0 Å². The van der Waals surface area contributed by atoms with Gasteiger partial charge in [0.15, 0.2) is 0 Å². The van der Waals surface area contributed by atoms with E-state index in [0.29, 0.717) is 5.70 Å². The van der Waals surface area contributed by atoms with Gasteiger partial charge in [0.05, 0.1) is 11.4 Å². The fraction of sp³-hybridized carbons (Fsp3) is 0.0909. The van der Waals surface area contributed by atoms with Crippen LogP contribution in [0.15, 0.2) is 35.8 Å². The molecule has 15 heavy (non-hydrogen) atoms. The maximum atomic E-state index is 12.7. The molecule has 0 aliphatic rings. The van der Waals surface area contributed by atoms with Crippen LogP contribution < -0.4 is 5.73 Å². The zero-order chi connectivity index (χ0) is 10.8.